The molecule has 0 spiro atoms. The van der Waals surface area contributed by atoms with E-state index in [4.69, 9.17) is 5.73 Å². The van der Waals surface area contributed by atoms with Crippen LogP contribution < -0.4 is 10.6 Å². The summed E-state index contributed by atoms with van der Waals surface area (Å²) in [6.45, 7) is 5.84. The Hall–Kier alpha value is -1.16. The van der Waals surface area contributed by atoms with E-state index >= 15 is 0 Å². The van der Waals surface area contributed by atoms with Crippen molar-refractivity contribution in [3.63, 3.8) is 0 Å². The molecule has 0 saturated carbocycles. The Bertz CT molecular complexity index is 317. The van der Waals surface area contributed by atoms with Crippen LogP contribution in [0.2, 0.25) is 0 Å². The summed E-state index contributed by atoms with van der Waals surface area (Å²) < 4.78 is 0. The SMILES string of the molecule is Cc1cc(C)nc(N2CC[C@@H](N)C2)n1. The molecule has 1 aliphatic heterocycles. The molecule has 1 aromatic heterocycles. The fraction of sp³-hybridized carbons (Fsp3) is 0.600. The van der Waals surface area contributed by atoms with Gasteiger partial charge in [-0.3, -0.25) is 0 Å². The molecular formula is C10H16N4. The third kappa shape index (κ3) is 1.85. The number of rotatable bonds is 1. The van der Waals surface area contributed by atoms with E-state index in [0.717, 1.165) is 36.8 Å². The largest absolute Gasteiger partial charge is 0.339 e. The predicted molar refractivity (Wildman–Crippen MR) is 56.3 cm³/mol. The average molecular weight is 192 g/mol. The minimum absolute atomic E-state index is 0.277. The molecule has 4 heteroatoms. The van der Waals surface area contributed by atoms with Crippen LogP contribution in [0.3, 0.4) is 0 Å². The summed E-state index contributed by atoms with van der Waals surface area (Å²) >= 11 is 0. The number of aromatic nitrogens is 2. The van der Waals surface area contributed by atoms with Gasteiger partial charge < -0.3 is 10.6 Å². The minimum Gasteiger partial charge on any atom is -0.339 e. The molecule has 0 radical (unpaired) electrons. The van der Waals surface area contributed by atoms with E-state index in [1.165, 1.54) is 0 Å². The van der Waals surface area contributed by atoms with Gasteiger partial charge in [0.05, 0.1) is 0 Å². The molecule has 2 N–H and O–H groups in total. The first kappa shape index (κ1) is 9.40. The normalized spacial score (nSPS) is 21.6. The molecule has 0 amide bonds. The molecule has 4 nitrogen and oxygen atoms in total. The highest BCUT2D eigenvalue weighted by atomic mass is 15.3. The maximum Gasteiger partial charge on any atom is 0.225 e. The van der Waals surface area contributed by atoms with Gasteiger partial charge in [0.15, 0.2) is 0 Å². The summed E-state index contributed by atoms with van der Waals surface area (Å²) in [7, 11) is 0. The number of hydrogen-bond donors (Lipinski definition) is 1. The van der Waals surface area contributed by atoms with Crippen LogP contribution in [-0.4, -0.2) is 29.1 Å². The van der Waals surface area contributed by atoms with Crippen LogP contribution in [0.5, 0.6) is 0 Å². The van der Waals surface area contributed by atoms with Crippen molar-refractivity contribution in [2.45, 2.75) is 26.3 Å². The zero-order valence-corrected chi connectivity index (χ0v) is 8.70. The van der Waals surface area contributed by atoms with Crippen molar-refractivity contribution < 1.29 is 0 Å². The van der Waals surface area contributed by atoms with Gasteiger partial charge in [-0.15, -0.1) is 0 Å². The van der Waals surface area contributed by atoms with Gasteiger partial charge in [-0.25, -0.2) is 9.97 Å². The van der Waals surface area contributed by atoms with Gasteiger partial charge in [-0.05, 0) is 26.3 Å². The Morgan fingerprint density at radius 1 is 1.36 bits per heavy atom. The first-order chi connectivity index (χ1) is 6.65. The lowest BCUT2D eigenvalue weighted by Gasteiger charge is -2.16. The quantitative estimate of drug-likeness (QED) is 0.709. The van der Waals surface area contributed by atoms with Gasteiger partial charge in [0.2, 0.25) is 5.95 Å². The van der Waals surface area contributed by atoms with E-state index in [1.807, 2.05) is 19.9 Å². The maximum absolute atomic E-state index is 5.84. The van der Waals surface area contributed by atoms with E-state index in [-0.39, 0.29) is 6.04 Å². The van der Waals surface area contributed by atoms with Crippen molar-refractivity contribution in [1.82, 2.24) is 9.97 Å². The van der Waals surface area contributed by atoms with Crippen LogP contribution in [0.4, 0.5) is 5.95 Å². The summed E-state index contributed by atoms with van der Waals surface area (Å²) in [5.74, 6) is 0.829. The molecule has 14 heavy (non-hydrogen) atoms. The first-order valence-electron chi connectivity index (χ1n) is 4.98. The van der Waals surface area contributed by atoms with Crippen molar-refractivity contribution in [3.05, 3.63) is 17.5 Å². The number of hydrogen-bond acceptors (Lipinski definition) is 4. The molecule has 0 aromatic carbocycles. The maximum atomic E-state index is 5.84. The van der Waals surface area contributed by atoms with E-state index in [2.05, 4.69) is 14.9 Å². The molecular weight excluding hydrogens is 176 g/mol. The van der Waals surface area contributed by atoms with Crippen LogP contribution in [0.25, 0.3) is 0 Å². The van der Waals surface area contributed by atoms with Gasteiger partial charge in [-0.1, -0.05) is 0 Å². The highest BCUT2D eigenvalue weighted by molar-refractivity contribution is 5.34. The lowest BCUT2D eigenvalue weighted by atomic mass is 10.3. The Morgan fingerprint density at radius 3 is 2.50 bits per heavy atom. The zero-order valence-electron chi connectivity index (χ0n) is 8.70. The topological polar surface area (TPSA) is 55.0 Å². The lowest BCUT2D eigenvalue weighted by molar-refractivity contribution is 0.749. The van der Waals surface area contributed by atoms with Crippen LogP contribution in [0, 0.1) is 13.8 Å². The summed E-state index contributed by atoms with van der Waals surface area (Å²) in [6.07, 6.45) is 1.04. The number of nitrogens with two attached hydrogens (primary N) is 1. The monoisotopic (exact) mass is 192 g/mol. The zero-order chi connectivity index (χ0) is 10.1. The number of aryl methyl sites for hydroxylation is 2. The van der Waals surface area contributed by atoms with Gasteiger partial charge in [0.25, 0.3) is 0 Å². The van der Waals surface area contributed by atoms with E-state index in [9.17, 15) is 0 Å². The van der Waals surface area contributed by atoms with Crippen molar-refractivity contribution >= 4 is 5.95 Å². The van der Waals surface area contributed by atoms with E-state index < -0.39 is 0 Å². The summed E-state index contributed by atoms with van der Waals surface area (Å²) in [5, 5.41) is 0. The van der Waals surface area contributed by atoms with Crippen LogP contribution in [0.15, 0.2) is 6.07 Å². The molecule has 76 valence electrons. The molecule has 2 rings (SSSR count). The van der Waals surface area contributed by atoms with Gasteiger partial charge in [0, 0.05) is 30.5 Å². The smallest absolute Gasteiger partial charge is 0.225 e. The molecule has 1 atom stereocenters. The first-order valence-corrected chi connectivity index (χ1v) is 4.98. The van der Waals surface area contributed by atoms with E-state index in [0.29, 0.717) is 0 Å². The Balaban J connectivity index is 2.23. The predicted octanol–water partition coefficient (Wildman–Crippen LogP) is 0.631. The fourth-order valence-corrected chi connectivity index (χ4v) is 1.82. The molecule has 1 aromatic rings. The molecule has 1 fully saturated rings. The number of nitrogens with zero attached hydrogens (tertiary/aromatic N) is 3. The van der Waals surface area contributed by atoms with Crippen molar-refractivity contribution in [1.29, 1.82) is 0 Å². The third-order valence-electron chi connectivity index (χ3n) is 2.48. The molecule has 0 unspecified atom stereocenters. The third-order valence-corrected chi connectivity index (χ3v) is 2.48. The standard InChI is InChI=1S/C10H16N4/c1-7-5-8(2)13-10(12-7)14-4-3-9(11)6-14/h5,9H,3-4,6,11H2,1-2H3/t9-/m1/s1. The summed E-state index contributed by atoms with van der Waals surface area (Å²) in [4.78, 5) is 11.0. The second-order valence-electron chi connectivity index (χ2n) is 3.95. The lowest BCUT2D eigenvalue weighted by Crippen LogP contribution is -2.27. The van der Waals surface area contributed by atoms with E-state index in [1.54, 1.807) is 0 Å². The summed E-state index contributed by atoms with van der Waals surface area (Å²) in [5.41, 5.74) is 7.88. The highest BCUT2D eigenvalue weighted by Crippen LogP contribution is 2.15. The summed E-state index contributed by atoms with van der Waals surface area (Å²) in [6, 6.07) is 2.26. The van der Waals surface area contributed by atoms with Crippen LogP contribution in [-0.2, 0) is 0 Å². The van der Waals surface area contributed by atoms with Crippen molar-refractivity contribution in [2.24, 2.45) is 5.73 Å². The van der Waals surface area contributed by atoms with Gasteiger partial charge in [0.1, 0.15) is 0 Å². The second kappa shape index (κ2) is 3.53. The number of anilines is 1. The van der Waals surface area contributed by atoms with Crippen molar-refractivity contribution in [3.8, 4) is 0 Å². The highest BCUT2D eigenvalue weighted by Gasteiger charge is 2.21. The minimum atomic E-state index is 0.277. The molecule has 1 saturated heterocycles. The fourth-order valence-electron chi connectivity index (χ4n) is 1.82. The molecule has 2 heterocycles. The van der Waals surface area contributed by atoms with Gasteiger partial charge >= 0.3 is 0 Å². The molecule has 0 bridgehead atoms. The van der Waals surface area contributed by atoms with Crippen LogP contribution >= 0.6 is 0 Å². The second-order valence-corrected chi connectivity index (χ2v) is 3.95. The molecule has 1 aliphatic rings. The molecule has 0 aliphatic carbocycles. The Morgan fingerprint density at radius 2 is 2.00 bits per heavy atom. The van der Waals surface area contributed by atoms with Gasteiger partial charge in [-0.2, -0.15) is 0 Å². The van der Waals surface area contributed by atoms with Crippen molar-refractivity contribution in [2.75, 3.05) is 18.0 Å². The Labute approximate surface area is 84.2 Å². The van der Waals surface area contributed by atoms with Crippen LogP contribution in [0.1, 0.15) is 17.8 Å². The average Bonchev–Trinajstić information content (AvgIpc) is 2.50. The Kier molecular flexibility index (Phi) is 2.37.